The molecule has 0 saturated heterocycles. The van der Waals surface area contributed by atoms with E-state index in [0.717, 1.165) is 15.7 Å². The van der Waals surface area contributed by atoms with Crippen molar-refractivity contribution in [3.05, 3.63) is 129 Å². The van der Waals surface area contributed by atoms with Gasteiger partial charge in [-0.2, -0.15) is 0 Å². The summed E-state index contributed by atoms with van der Waals surface area (Å²) in [6.07, 6.45) is 3.20. The molecule has 0 fully saturated rings. The zero-order chi connectivity index (χ0) is 25.8. The van der Waals surface area contributed by atoms with Crippen molar-refractivity contribution in [3.63, 3.8) is 0 Å². The number of aromatic nitrogens is 5. The highest BCUT2D eigenvalue weighted by atomic mass is 16.2. The van der Waals surface area contributed by atoms with Crippen LogP contribution in [0.25, 0.3) is 11.2 Å². The molecule has 0 aliphatic rings. The number of amides is 1. The molecule has 1 amide bonds. The topological polar surface area (TPSA) is 104 Å². The van der Waals surface area contributed by atoms with Crippen molar-refractivity contribution in [2.45, 2.75) is 32.6 Å². The van der Waals surface area contributed by atoms with Crippen molar-refractivity contribution in [3.8, 4) is 0 Å². The van der Waals surface area contributed by atoms with Gasteiger partial charge >= 0.3 is 5.69 Å². The number of hydrogen-bond acceptors (Lipinski definition) is 5. The molecule has 186 valence electrons. The van der Waals surface area contributed by atoms with Crippen molar-refractivity contribution in [1.29, 1.82) is 0 Å². The Balaban J connectivity index is 1.54. The zero-order valence-corrected chi connectivity index (χ0v) is 20.3. The number of aryl methyl sites for hydroxylation is 1. The van der Waals surface area contributed by atoms with Crippen LogP contribution in [0.3, 0.4) is 0 Å². The molecule has 2 aromatic carbocycles. The van der Waals surface area contributed by atoms with Gasteiger partial charge in [-0.1, -0.05) is 66.7 Å². The Morgan fingerprint density at radius 2 is 1.59 bits per heavy atom. The lowest BCUT2D eigenvalue weighted by atomic mass is 10.0. The van der Waals surface area contributed by atoms with E-state index >= 15 is 0 Å². The van der Waals surface area contributed by atoms with Crippen molar-refractivity contribution in [2.75, 3.05) is 0 Å². The summed E-state index contributed by atoms with van der Waals surface area (Å²) < 4.78 is 4.11. The van der Waals surface area contributed by atoms with Gasteiger partial charge in [0.1, 0.15) is 6.54 Å². The fraction of sp³-hybridized carbons (Fsp3) is 0.179. The second kappa shape index (κ2) is 10.4. The van der Waals surface area contributed by atoms with Gasteiger partial charge < -0.3 is 9.88 Å². The van der Waals surface area contributed by atoms with Crippen molar-refractivity contribution in [2.24, 2.45) is 0 Å². The molecule has 1 atom stereocenters. The summed E-state index contributed by atoms with van der Waals surface area (Å²) in [6.45, 7) is 2.17. The molecule has 0 aliphatic carbocycles. The van der Waals surface area contributed by atoms with Crippen LogP contribution in [0.15, 0.2) is 101 Å². The quantitative estimate of drug-likeness (QED) is 0.357. The fourth-order valence-electron chi connectivity index (χ4n) is 4.40. The number of nitrogens with zero attached hydrogens (tertiary/aromatic N) is 5. The molecule has 1 unspecified atom stereocenters. The molecule has 5 aromatic rings. The van der Waals surface area contributed by atoms with E-state index < -0.39 is 29.7 Å². The minimum absolute atomic E-state index is 0.222. The number of pyridine rings is 1. The highest BCUT2D eigenvalue weighted by Crippen LogP contribution is 2.20. The largest absolute Gasteiger partial charge is 0.342 e. The number of hydrogen-bond donors (Lipinski definition) is 1. The van der Waals surface area contributed by atoms with E-state index in [1.165, 1.54) is 4.57 Å². The van der Waals surface area contributed by atoms with E-state index in [9.17, 15) is 14.4 Å². The van der Waals surface area contributed by atoms with Crippen molar-refractivity contribution >= 4 is 17.1 Å². The van der Waals surface area contributed by atoms with Crippen LogP contribution in [0.1, 0.15) is 29.8 Å². The standard InChI is InChI=1S/C28H26N6O3/c1-2-32-19-30-26-25(32)27(36)34(28(37)33(26)17-20-11-5-3-6-12-20)18-23(35)31-24(21-13-7-4-8-14-21)22-15-9-10-16-29-22/h3-16,19,24H,2,17-18H2,1H3,(H,31,35). The van der Waals surface area contributed by atoms with Gasteiger partial charge in [0.2, 0.25) is 5.91 Å². The molecule has 0 bridgehead atoms. The van der Waals surface area contributed by atoms with E-state index in [-0.39, 0.29) is 12.1 Å². The normalized spacial score (nSPS) is 11.9. The lowest BCUT2D eigenvalue weighted by molar-refractivity contribution is -0.122. The molecule has 9 nitrogen and oxygen atoms in total. The van der Waals surface area contributed by atoms with Gasteiger partial charge in [-0.3, -0.25) is 19.1 Å². The van der Waals surface area contributed by atoms with Crippen molar-refractivity contribution in [1.82, 2.24) is 29.0 Å². The monoisotopic (exact) mass is 494 g/mol. The molecule has 1 N–H and O–H groups in total. The van der Waals surface area contributed by atoms with E-state index in [2.05, 4.69) is 15.3 Å². The maximum Gasteiger partial charge on any atom is 0.333 e. The van der Waals surface area contributed by atoms with Gasteiger partial charge in [0, 0.05) is 12.7 Å². The molecule has 5 rings (SSSR count). The Morgan fingerprint density at radius 3 is 2.27 bits per heavy atom. The van der Waals surface area contributed by atoms with E-state index in [1.54, 1.807) is 23.2 Å². The maximum absolute atomic E-state index is 13.6. The summed E-state index contributed by atoms with van der Waals surface area (Å²) in [6, 6.07) is 23.8. The molecular formula is C28H26N6O3. The highest BCUT2D eigenvalue weighted by Gasteiger charge is 2.22. The summed E-state index contributed by atoms with van der Waals surface area (Å²) in [7, 11) is 0. The van der Waals surface area contributed by atoms with Crippen LogP contribution in [-0.2, 0) is 24.4 Å². The number of rotatable bonds is 8. The first-order valence-electron chi connectivity index (χ1n) is 12.0. The summed E-state index contributed by atoms with van der Waals surface area (Å²) in [5.41, 5.74) is 1.81. The van der Waals surface area contributed by atoms with Crippen molar-refractivity contribution < 1.29 is 4.79 Å². The summed E-state index contributed by atoms with van der Waals surface area (Å²) in [4.78, 5) is 49.1. The Bertz CT molecular complexity index is 1600. The molecule has 0 radical (unpaired) electrons. The molecule has 0 aliphatic heterocycles. The Kier molecular flexibility index (Phi) is 6.76. The Labute approximate surface area is 212 Å². The molecule has 0 saturated carbocycles. The van der Waals surface area contributed by atoms with E-state index in [1.807, 2.05) is 79.7 Å². The maximum atomic E-state index is 13.6. The smallest absolute Gasteiger partial charge is 0.333 e. The van der Waals surface area contributed by atoms with Gasteiger partial charge in [-0.15, -0.1) is 0 Å². The van der Waals surface area contributed by atoms with Gasteiger partial charge in [-0.25, -0.2) is 14.3 Å². The minimum Gasteiger partial charge on any atom is -0.342 e. The lowest BCUT2D eigenvalue weighted by Gasteiger charge is -2.19. The molecule has 37 heavy (non-hydrogen) atoms. The van der Waals surface area contributed by atoms with Crippen LogP contribution < -0.4 is 16.6 Å². The van der Waals surface area contributed by atoms with Gasteiger partial charge in [0.15, 0.2) is 11.2 Å². The second-order valence-electron chi connectivity index (χ2n) is 8.61. The van der Waals surface area contributed by atoms with Gasteiger partial charge in [-0.05, 0) is 30.2 Å². The summed E-state index contributed by atoms with van der Waals surface area (Å²) >= 11 is 0. The summed E-state index contributed by atoms with van der Waals surface area (Å²) in [5, 5.41) is 2.96. The predicted molar refractivity (Wildman–Crippen MR) is 140 cm³/mol. The zero-order valence-electron chi connectivity index (χ0n) is 20.3. The number of fused-ring (bicyclic) bond motifs is 1. The molecule has 3 heterocycles. The average molecular weight is 495 g/mol. The van der Waals surface area contributed by atoms with Crippen LogP contribution in [0.5, 0.6) is 0 Å². The molecule has 3 aromatic heterocycles. The van der Waals surface area contributed by atoms with Crippen LogP contribution in [-0.4, -0.2) is 29.6 Å². The molecule has 9 heteroatoms. The van der Waals surface area contributed by atoms with Gasteiger partial charge in [0.05, 0.1) is 24.6 Å². The first kappa shape index (κ1) is 23.9. The molecule has 0 spiro atoms. The fourth-order valence-corrected chi connectivity index (χ4v) is 4.40. The number of nitrogens with one attached hydrogen (secondary N) is 1. The number of carbonyl (C=O) groups excluding carboxylic acids is 1. The van der Waals surface area contributed by atoms with Gasteiger partial charge in [0.25, 0.3) is 5.56 Å². The lowest BCUT2D eigenvalue weighted by Crippen LogP contribution is -2.45. The Morgan fingerprint density at radius 1 is 0.892 bits per heavy atom. The molecular weight excluding hydrogens is 468 g/mol. The van der Waals surface area contributed by atoms with Crippen LogP contribution in [0.2, 0.25) is 0 Å². The third-order valence-corrected chi connectivity index (χ3v) is 6.23. The minimum atomic E-state index is -0.591. The third kappa shape index (κ3) is 4.84. The number of carbonyl (C=O) groups is 1. The van der Waals surface area contributed by atoms with Crippen LogP contribution >= 0.6 is 0 Å². The number of benzene rings is 2. The predicted octanol–water partition coefficient (Wildman–Crippen LogP) is 2.73. The average Bonchev–Trinajstić information content (AvgIpc) is 3.38. The van der Waals surface area contributed by atoms with Crippen LogP contribution in [0.4, 0.5) is 0 Å². The first-order valence-corrected chi connectivity index (χ1v) is 12.0. The second-order valence-corrected chi connectivity index (χ2v) is 8.61. The highest BCUT2D eigenvalue weighted by molar-refractivity contribution is 5.77. The van der Waals surface area contributed by atoms with Crippen LogP contribution in [0, 0.1) is 0 Å². The summed E-state index contributed by atoms with van der Waals surface area (Å²) in [5.74, 6) is -0.480. The van der Waals surface area contributed by atoms with E-state index in [4.69, 9.17) is 0 Å². The van der Waals surface area contributed by atoms with E-state index in [0.29, 0.717) is 17.9 Å². The SMILES string of the molecule is CCn1cnc2c1c(=O)n(CC(=O)NC(c1ccccc1)c1ccccn1)c(=O)n2Cc1ccccc1. The third-order valence-electron chi connectivity index (χ3n) is 6.23. The first-order chi connectivity index (χ1) is 18.1. The Hall–Kier alpha value is -4.79. The number of imidazole rings is 1.